The Bertz CT molecular complexity index is 483. The standard InChI is InChI=1S/C11H8BrFN2O/c12-8-4-10(16)15(6-8)11-7(5-14)2-1-3-9(11)13/h1-3,8H,4,6H2. The van der Waals surface area contributed by atoms with Crippen LogP contribution in [0.5, 0.6) is 0 Å². The largest absolute Gasteiger partial charge is 0.307 e. The number of nitrogens with zero attached hydrogens (tertiary/aromatic N) is 2. The second kappa shape index (κ2) is 4.22. The predicted octanol–water partition coefficient (Wildman–Crippen LogP) is 2.20. The van der Waals surface area contributed by atoms with Gasteiger partial charge in [0.15, 0.2) is 0 Å². The summed E-state index contributed by atoms with van der Waals surface area (Å²) >= 11 is 3.32. The molecule has 3 nitrogen and oxygen atoms in total. The van der Waals surface area contributed by atoms with E-state index in [1.54, 1.807) is 0 Å². The zero-order valence-corrected chi connectivity index (χ0v) is 9.87. The minimum absolute atomic E-state index is 0.0196. The quantitative estimate of drug-likeness (QED) is 0.742. The summed E-state index contributed by atoms with van der Waals surface area (Å²) in [4.78, 5) is 13.0. The fraction of sp³-hybridized carbons (Fsp3) is 0.273. The number of halogens is 2. The van der Waals surface area contributed by atoms with Gasteiger partial charge in [0.2, 0.25) is 5.91 Å². The molecule has 1 atom stereocenters. The van der Waals surface area contributed by atoms with Crippen molar-refractivity contribution in [2.24, 2.45) is 0 Å². The first-order chi connectivity index (χ1) is 7.63. The number of carbonyl (C=O) groups is 1. The van der Waals surface area contributed by atoms with Crippen LogP contribution in [0.25, 0.3) is 0 Å². The van der Waals surface area contributed by atoms with E-state index < -0.39 is 5.82 Å². The summed E-state index contributed by atoms with van der Waals surface area (Å²) in [5.41, 5.74) is 0.284. The van der Waals surface area contributed by atoms with E-state index in [-0.39, 0.29) is 22.0 Å². The molecule has 0 bridgehead atoms. The third-order valence-electron chi connectivity index (χ3n) is 2.45. The van der Waals surface area contributed by atoms with Crippen molar-refractivity contribution in [3.63, 3.8) is 0 Å². The molecule has 0 N–H and O–H groups in total. The molecule has 16 heavy (non-hydrogen) atoms. The number of benzene rings is 1. The first-order valence-corrected chi connectivity index (χ1v) is 5.68. The number of carbonyl (C=O) groups excluding carboxylic acids is 1. The summed E-state index contributed by atoms with van der Waals surface area (Å²) in [5.74, 6) is -0.697. The van der Waals surface area contributed by atoms with Gasteiger partial charge in [-0.3, -0.25) is 4.79 Å². The number of rotatable bonds is 1. The minimum atomic E-state index is -0.533. The second-order valence-corrected chi connectivity index (χ2v) is 4.85. The van der Waals surface area contributed by atoms with Crippen molar-refractivity contribution in [2.75, 3.05) is 11.4 Å². The smallest absolute Gasteiger partial charge is 0.228 e. The van der Waals surface area contributed by atoms with Gasteiger partial charge in [-0.1, -0.05) is 22.0 Å². The molecule has 0 saturated carbocycles. The fourth-order valence-corrected chi connectivity index (χ4v) is 2.33. The number of amides is 1. The summed E-state index contributed by atoms with van der Waals surface area (Å²) in [7, 11) is 0. The second-order valence-electron chi connectivity index (χ2n) is 3.55. The van der Waals surface area contributed by atoms with Gasteiger partial charge in [0.25, 0.3) is 0 Å². The molecule has 1 amide bonds. The molecule has 1 saturated heterocycles. The lowest BCUT2D eigenvalue weighted by atomic mass is 10.1. The lowest BCUT2D eigenvalue weighted by Crippen LogP contribution is -2.26. The highest BCUT2D eigenvalue weighted by Gasteiger charge is 2.31. The van der Waals surface area contributed by atoms with Crippen LogP contribution in [0, 0.1) is 17.1 Å². The summed E-state index contributed by atoms with van der Waals surface area (Å²) in [6.45, 7) is 0.397. The minimum Gasteiger partial charge on any atom is -0.307 e. The van der Waals surface area contributed by atoms with E-state index >= 15 is 0 Å². The maximum Gasteiger partial charge on any atom is 0.228 e. The van der Waals surface area contributed by atoms with Crippen molar-refractivity contribution in [1.82, 2.24) is 0 Å². The molecule has 1 heterocycles. The van der Waals surface area contributed by atoms with Crippen LogP contribution in [0.3, 0.4) is 0 Å². The van der Waals surface area contributed by atoms with Crippen LogP contribution in [0.1, 0.15) is 12.0 Å². The molecule has 82 valence electrons. The topological polar surface area (TPSA) is 44.1 Å². The molecule has 0 aliphatic carbocycles. The molecule has 5 heteroatoms. The molecule has 0 aromatic heterocycles. The van der Waals surface area contributed by atoms with E-state index in [2.05, 4.69) is 15.9 Å². The Kier molecular flexibility index (Phi) is 2.92. The van der Waals surface area contributed by atoms with E-state index in [1.165, 1.54) is 23.1 Å². The van der Waals surface area contributed by atoms with Crippen LogP contribution in [-0.2, 0) is 4.79 Å². The van der Waals surface area contributed by atoms with Crippen molar-refractivity contribution < 1.29 is 9.18 Å². The SMILES string of the molecule is N#Cc1cccc(F)c1N1CC(Br)CC1=O. The van der Waals surface area contributed by atoms with Gasteiger partial charge in [-0.05, 0) is 12.1 Å². The van der Waals surface area contributed by atoms with Gasteiger partial charge >= 0.3 is 0 Å². The zero-order chi connectivity index (χ0) is 11.7. The molecule has 1 aliphatic rings. The Morgan fingerprint density at radius 2 is 2.31 bits per heavy atom. The van der Waals surface area contributed by atoms with E-state index in [9.17, 15) is 9.18 Å². The fourth-order valence-electron chi connectivity index (χ4n) is 1.76. The van der Waals surface area contributed by atoms with Crippen LogP contribution in [0.15, 0.2) is 18.2 Å². The molecular weight excluding hydrogens is 275 g/mol. The normalized spacial score (nSPS) is 19.9. The maximum atomic E-state index is 13.6. The van der Waals surface area contributed by atoms with Crippen molar-refractivity contribution in [1.29, 1.82) is 5.26 Å². The van der Waals surface area contributed by atoms with Crippen LogP contribution in [-0.4, -0.2) is 17.3 Å². The Morgan fingerprint density at radius 1 is 1.56 bits per heavy atom. The average molecular weight is 283 g/mol. The van der Waals surface area contributed by atoms with Crippen LogP contribution < -0.4 is 4.90 Å². The summed E-state index contributed by atoms with van der Waals surface area (Å²) in [6, 6.07) is 6.12. The lowest BCUT2D eigenvalue weighted by molar-refractivity contribution is -0.117. The Labute approximate surface area is 101 Å². The highest BCUT2D eigenvalue weighted by molar-refractivity contribution is 9.09. The average Bonchev–Trinajstić information content (AvgIpc) is 2.57. The maximum absolute atomic E-state index is 13.6. The summed E-state index contributed by atoms with van der Waals surface area (Å²) < 4.78 is 13.6. The van der Waals surface area contributed by atoms with Gasteiger partial charge in [-0.15, -0.1) is 0 Å². The molecule has 1 aromatic rings. The van der Waals surface area contributed by atoms with Crippen molar-refractivity contribution in [3.8, 4) is 6.07 Å². The molecule has 0 spiro atoms. The number of alkyl halides is 1. The Hall–Kier alpha value is -1.41. The van der Waals surface area contributed by atoms with E-state index in [0.29, 0.717) is 13.0 Å². The van der Waals surface area contributed by atoms with Gasteiger partial charge in [0, 0.05) is 17.8 Å². The molecule has 1 fully saturated rings. The number of hydrogen-bond donors (Lipinski definition) is 0. The van der Waals surface area contributed by atoms with Crippen LogP contribution in [0.4, 0.5) is 10.1 Å². The molecule has 0 radical (unpaired) electrons. The number of para-hydroxylation sites is 1. The van der Waals surface area contributed by atoms with Crippen molar-refractivity contribution >= 4 is 27.5 Å². The molecule has 1 unspecified atom stereocenters. The molecular formula is C11H8BrFN2O. The van der Waals surface area contributed by atoms with Crippen molar-refractivity contribution in [3.05, 3.63) is 29.6 Å². The van der Waals surface area contributed by atoms with E-state index in [0.717, 1.165) is 0 Å². The van der Waals surface area contributed by atoms with Crippen molar-refractivity contribution in [2.45, 2.75) is 11.2 Å². The van der Waals surface area contributed by atoms with Crippen LogP contribution in [0.2, 0.25) is 0 Å². The molecule has 1 aliphatic heterocycles. The highest BCUT2D eigenvalue weighted by Crippen LogP contribution is 2.30. The first kappa shape index (κ1) is 11.1. The van der Waals surface area contributed by atoms with Gasteiger partial charge < -0.3 is 4.90 Å². The first-order valence-electron chi connectivity index (χ1n) is 4.76. The Balaban J connectivity index is 2.48. The molecule has 1 aromatic carbocycles. The third kappa shape index (κ3) is 1.81. The monoisotopic (exact) mass is 282 g/mol. The summed E-state index contributed by atoms with van der Waals surface area (Å²) in [5, 5.41) is 8.89. The van der Waals surface area contributed by atoms with E-state index in [4.69, 9.17) is 5.26 Å². The number of hydrogen-bond acceptors (Lipinski definition) is 2. The van der Waals surface area contributed by atoms with Crippen LogP contribution >= 0.6 is 15.9 Å². The van der Waals surface area contributed by atoms with Gasteiger partial charge in [0.1, 0.15) is 11.9 Å². The third-order valence-corrected chi connectivity index (χ3v) is 3.07. The summed E-state index contributed by atoms with van der Waals surface area (Å²) in [6.07, 6.45) is 0.333. The lowest BCUT2D eigenvalue weighted by Gasteiger charge is -2.17. The van der Waals surface area contributed by atoms with E-state index in [1.807, 2.05) is 6.07 Å². The molecule has 2 rings (SSSR count). The Morgan fingerprint density at radius 3 is 2.88 bits per heavy atom. The number of anilines is 1. The number of nitriles is 1. The van der Waals surface area contributed by atoms with Gasteiger partial charge in [-0.2, -0.15) is 5.26 Å². The van der Waals surface area contributed by atoms with Gasteiger partial charge in [0.05, 0.1) is 11.3 Å². The zero-order valence-electron chi connectivity index (χ0n) is 8.28. The predicted molar refractivity (Wildman–Crippen MR) is 60.8 cm³/mol. The highest BCUT2D eigenvalue weighted by atomic mass is 79.9. The van der Waals surface area contributed by atoms with Gasteiger partial charge in [-0.25, -0.2) is 4.39 Å².